The summed E-state index contributed by atoms with van der Waals surface area (Å²) in [7, 11) is 0. The van der Waals surface area contributed by atoms with Gasteiger partial charge in [-0.3, -0.25) is 10.1 Å². The van der Waals surface area contributed by atoms with Crippen LogP contribution in [-0.2, 0) is 14.3 Å². The molecule has 0 aromatic heterocycles. The Morgan fingerprint density at radius 3 is 2.62 bits per heavy atom. The molecular weight excluding hydrogens is 382 g/mol. The van der Waals surface area contributed by atoms with Crippen LogP contribution in [0, 0.1) is 10.1 Å². The molecule has 2 aromatic carbocycles. The number of nitro benzene ring substituents is 1. The molecule has 0 aliphatic carbocycles. The van der Waals surface area contributed by atoms with Crippen molar-refractivity contribution in [1.29, 1.82) is 0 Å². The lowest BCUT2D eigenvalue weighted by molar-refractivity contribution is -0.384. The maximum Gasteiger partial charge on any atom is 0.349 e. The second kappa shape index (κ2) is 9.65. The van der Waals surface area contributed by atoms with Gasteiger partial charge in [0.25, 0.3) is 5.69 Å². The van der Waals surface area contributed by atoms with Crippen molar-refractivity contribution in [2.24, 2.45) is 0 Å². The number of rotatable bonds is 8. The highest BCUT2D eigenvalue weighted by Crippen LogP contribution is 2.19. The maximum atomic E-state index is 12.1. The van der Waals surface area contributed by atoms with Gasteiger partial charge in [0, 0.05) is 18.7 Å². The summed E-state index contributed by atoms with van der Waals surface area (Å²) in [4.78, 5) is 34.2. The number of benzene rings is 2. The quantitative estimate of drug-likeness (QED) is 0.287. The largest absolute Gasteiger partial charge is 0.482 e. The van der Waals surface area contributed by atoms with Crippen LogP contribution in [0.2, 0.25) is 0 Å². The third-order valence-corrected chi connectivity index (χ3v) is 4.13. The molecule has 0 N–H and O–H groups in total. The van der Waals surface area contributed by atoms with Gasteiger partial charge in [-0.1, -0.05) is 6.07 Å². The van der Waals surface area contributed by atoms with Crippen LogP contribution in [0.15, 0.2) is 48.5 Å². The first-order valence-corrected chi connectivity index (χ1v) is 8.98. The van der Waals surface area contributed by atoms with Crippen LogP contribution in [0.1, 0.15) is 23.2 Å². The summed E-state index contributed by atoms with van der Waals surface area (Å²) in [6, 6.07) is 11.4. The highest BCUT2D eigenvalue weighted by molar-refractivity contribution is 5.90. The fourth-order valence-electron chi connectivity index (χ4n) is 2.68. The molecule has 9 nitrogen and oxygen atoms in total. The SMILES string of the molecule is O=C(COc1ccc([N+](=O)[O-])cc1)Oc1cccc(C(=O)OCC2CCCO2)c1. The summed E-state index contributed by atoms with van der Waals surface area (Å²) >= 11 is 0. The third kappa shape index (κ3) is 6.01. The highest BCUT2D eigenvalue weighted by Gasteiger charge is 2.18. The van der Waals surface area contributed by atoms with Crippen LogP contribution < -0.4 is 9.47 Å². The minimum Gasteiger partial charge on any atom is -0.482 e. The number of esters is 2. The van der Waals surface area contributed by atoms with Crippen molar-refractivity contribution in [2.75, 3.05) is 19.8 Å². The average molecular weight is 401 g/mol. The first-order chi connectivity index (χ1) is 14.0. The van der Waals surface area contributed by atoms with E-state index in [1.165, 1.54) is 36.4 Å². The summed E-state index contributed by atoms with van der Waals surface area (Å²) in [5.41, 5.74) is 0.174. The lowest BCUT2D eigenvalue weighted by Crippen LogP contribution is -2.19. The van der Waals surface area contributed by atoms with E-state index in [0.717, 1.165) is 12.8 Å². The van der Waals surface area contributed by atoms with E-state index in [-0.39, 0.29) is 29.7 Å². The summed E-state index contributed by atoms with van der Waals surface area (Å²) in [6.07, 6.45) is 1.74. The van der Waals surface area contributed by atoms with Gasteiger partial charge in [0.15, 0.2) is 6.61 Å². The van der Waals surface area contributed by atoms with Gasteiger partial charge >= 0.3 is 11.9 Å². The van der Waals surface area contributed by atoms with E-state index < -0.39 is 23.5 Å². The van der Waals surface area contributed by atoms with Crippen LogP contribution >= 0.6 is 0 Å². The Kier molecular flexibility index (Phi) is 6.75. The molecule has 0 bridgehead atoms. The Morgan fingerprint density at radius 1 is 1.14 bits per heavy atom. The third-order valence-electron chi connectivity index (χ3n) is 4.13. The van der Waals surface area contributed by atoms with Crippen molar-refractivity contribution in [1.82, 2.24) is 0 Å². The van der Waals surface area contributed by atoms with E-state index in [4.69, 9.17) is 18.9 Å². The van der Waals surface area contributed by atoms with Crippen molar-refractivity contribution >= 4 is 17.6 Å². The average Bonchev–Trinajstić information content (AvgIpc) is 3.24. The Morgan fingerprint density at radius 2 is 1.93 bits per heavy atom. The number of hydrogen-bond donors (Lipinski definition) is 0. The van der Waals surface area contributed by atoms with Gasteiger partial charge in [0.1, 0.15) is 18.1 Å². The smallest absolute Gasteiger partial charge is 0.349 e. The van der Waals surface area contributed by atoms with E-state index in [9.17, 15) is 19.7 Å². The van der Waals surface area contributed by atoms with Gasteiger partial charge in [-0.15, -0.1) is 0 Å². The molecule has 0 radical (unpaired) electrons. The fourth-order valence-corrected chi connectivity index (χ4v) is 2.68. The molecular formula is C20H19NO8. The number of hydrogen-bond acceptors (Lipinski definition) is 8. The molecule has 3 rings (SSSR count). The van der Waals surface area contributed by atoms with Crippen molar-refractivity contribution in [3.8, 4) is 11.5 Å². The lowest BCUT2D eigenvalue weighted by atomic mass is 10.2. The molecule has 1 atom stereocenters. The van der Waals surface area contributed by atoms with Gasteiger partial charge in [-0.2, -0.15) is 0 Å². The van der Waals surface area contributed by atoms with Gasteiger partial charge < -0.3 is 18.9 Å². The lowest BCUT2D eigenvalue weighted by Gasteiger charge is -2.11. The van der Waals surface area contributed by atoms with E-state index in [1.807, 2.05) is 0 Å². The minimum atomic E-state index is -0.687. The molecule has 1 aliphatic rings. The molecule has 1 fully saturated rings. The van der Waals surface area contributed by atoms with Gasteiger partial charge in [-0.05, 0) is 43.2 Å². The molecule has 1 saturated heterocycles. The normalized spacial score (nSPS) is 15.5. The van der Waals surface area contributed by atoms with Crippen LogP contribution in [0.25, 0.3) is 0 Å². The fraction of sp³-hybridized carbons (Fsp3) is 0.300. The standard InChI is InChI=1S/C20H19NO8/c22-19(13-27-16-8-6-15(7-9-16)21(24)25)29-17-4-1-3-14(11-17)20(23)28-12-18-5-2-10-26-18/h1,3-4,6-9,11,18H,2,5,10,12-13H2. The summed E-state index contributed by atoms with van der Waals surface area (Å²) in [5.74, 6) is -0.748. The second-order valence-electron chi connectivity index (χ2n) is 6.28. The number of ether oxygens (including phenoxy) is 4. The Bertz CT molecular complexity index is 874. The topological polar surface area (TPSA) is 114 Å². The number of nitrogens with zero attached hydrogens (tertiary/aromatic N) is 1. The summed E-state index contributed by atoms with van der Waals surface area (Å²) < 4.78 is 21.0. The first kappa shape index (κ1) is 20.3. The summed E-state index contributed by atoms with van der Waals surface area (Å²) in [5, 5.41) is 10.6. The second-order valence-corrected chi connectivity index (χ2v) is 6.28. The Hall–Kier alpha value is -3.46. The predicted molar refractivity (Wildman–Crippen MR) is 99.9 cm³/mol. The van der Waals surface area contributed by atoms with Crippen molar-refractivity contribution in [3.63, 3.8) is 0 Å². The first-order valence-electron chi connectivity index (χ1n) is 8.98. The molecule has 0 spiro atoms. The molecule has 2 aromatic rings. The molecule has 0 amide bonds. The zero-order chi connectivity index (χ0) is 20.6. The highest BCUT2D eigenvalue weighted by atomic mass is 16.6. The van der Waals surface area contributed by atoms with Crippen molar-refractivity contribution in [2.45, 2.75) is 18.9 Å². The molecule has 29 heavy (non-hydrogen) atoms. The number of non-ortho nitro benzene ring substituents is 1. The van der Waals surface area contributed by atoms with Crippen LogP contribution in [-0.4, -0.2) is 42.8 Å². The monoisotopic (exact) mass is 401 g/mol. The van der Waals surface area contributed by atoms with Crippen LogP contribution in [0.5, 0.6) is 11.5 Å². The predicted octanol–water partition coefficient (Wildman–Crippen LogP) is 2.92. The number of carbonyl (C=O) groups excluding carboxylic acids is 2. The van der Waals surface area contributed by atoms with Crippen LogP contribution in [0.4, 0.5) is 5.69 Å². The van der Waals surface area contributed by atoms with Crippen molar-refractivity contribution < 1.29 is 33.5 Å². The van der Waals surface area contributed by atoms with Gasteiger partial charge in [0.05, 0.1) is 16.6 Å². The van der Waals surface area contributed by atoms with Crippen LogP contribution in [0.3, 0.4) is 0 Å². The minimum absolute atomic E-state index is 0.0727. The van der Waals surface area contributed by atoms with Gasteiger partial charge in [0.2, 0.25) is 0 Å². The zero-order valence-electron chi connectivity index (χ0n) is 15.4. The zero-order valence-corrected chi connectivity index (χ0v) is 15.4. The summed E-state index contributed by atoms with van der Waals surface area (Å²) in [6.45, 7) is 0.465. The maximum absolute atomic E-state index is 12.1. The van der Waals surface area contributed by atoms with E-state index in [1.54, 1.807) is 12.1 Å². The van der Waals surface area contributed by atoms with E-state index in [0.29, 0.717) is 12.4 Å². The van der Waals surface area contributed by atoms with Crippen molar-refractivity contribution in [3.05, 3.63) is 64.2 Å². The number of nitro groups is 1. The Labute approximate surface area is 166 Å². The van der Waals surface area contributed by atoms with Gasteiger partial charge in [-0.25, -0.2) is 9.59 Å². The molecule has 9 heteroatoms. The molecule has 1 aliphatic heterocycles. The molecule has 0 saturated carbocycles. The molecule has 1 unspecified atom stereocenters. The molecule has 1 heterocycles. The van der Waals surface area contributed by atoms with E-state index >= 15 is 0 Å². The Balaban J connectivity index is 1.49. The number of carbonyl (C=O) groups is 2. The molecule has 152 valence electrons. The van der Waals surface area contributed by atoms with E-state index in [2.05, 4.69) is 0 Å².